The molecule has 3 atom stereocenters. The number of thiophene rings is 1. The van der Waals surface area contributed by atoms with Crippen LogP contribution in [0.1, 0.15) is 40.5 Å². The van der Waals surface area contributed by atoms with Gasteiger partial charge in [-0.05, 0) is 25.3 Å². The van der Waals surface area contributed by atoms with E-state index in [2.05, 4.69) is 0 Å². The number of ether oxygens (including phenoxy) is 1. The van der Waals surface area contributed by atoms with Gasteiger partial charge in [0.2, 0.25) is 0 Å². The highest BCUT2D eigenvalue weighted by molar-refractivity contribution is 7.14. The lowest BCUT2D eigenvalue weighted by Crippen LogP contribution is -2.13. The van der Waals surface area contributed by atoms with Crippen LogP contribution in [-0.4, -0.2) is 28.3 Å². The van der Waals surface area contributed by atoms with Crippen LogP contribution in [0.5, 0.6) is 0 Å². The van der Waals surface area contributed by atoms with Crippen molar-refractivity contribution < 1.29 is 14.6 Å². The van der Waals surface area contributed by atoms with Crippen molar-refractivity contribution in [2.24, 2.45) is 0 Å². The van der Waals surface area contributed by atoms with Gasteiger partial charge in [-0.2, -0.15) is 0 Å². The number of aromatic nitrogens is 1. The molecule has 1 N–H and O–H groups in total. The normalized spacial score (nSPS) is 28.1. The smallest absolute Gasteiger partial charge is 0.336 e. The van der Waals surface area contributed by atoms with E-state index in [0.717, 1.165) is 28.4 Å². The summed E-state index contributed by atoms with van der Waals surface area (Å²) >= 11 is 3.10. The molecule has 2 saturated heterocycles. The molecule has 4 heterocycles. The number of hydrogen-bond donors (Lipinski definition) is 1. The van der Waals surface area contributed by atoms with Crippen LogP contribution in [0.2, 0.25) is 0 Å². The number of rotatable bonds is 3. The van der Waals surface area contributed by atoms with E-state index in [1.807, 2.05) is 5.38 Å². The Morgan fingerprint density at radius 2 is 2.25 bits per heavy atom. The van der Waals surface area contributed by atoms with Crippen LogP contribution in [0.25, 0.3) is 10.6 Å². The Labute approximate surface area is 124 Å². The minimum absolute atomic E-state index is 0.336. The van der Waals surface area contributed by atoms with Gasteiger partial charge in [0, 0.05) is 16.7 Å². The predicted molar refractivity (Wildman–Crippen MR) is 77.6 cm³/mol. The van der Waals surface area contributed by atoms with Gasteiger partial charge in [-0.3, -0.25) is 0 Å². The van der Waals surface area contributed by atoms with Gasteiger partial charge in [0.1, 0.15) is 0 Å². The molecule has 2 aromatic rings. The fourth-order valence-electron chi connectivity index (χ4n) is 3.05. The van der Waals surface area contributed by atoms with Crippen LogP contribution in [0.15, 0.2) is 16.8 Å². The lowest BCUT2D eigenvalue weighted by Gasteiger charge is -2.15. The average molecular weight is 307 g/mol. The second-order valence-corrected chi connectivity index (χ2v) is 7.09. The Bertz CT molecular complexity index is 663. The summed E-state index contributed by atoms with van der Waals surface area (Å²) in [5.41, 5.74) is 1.23. The molecular weight excluding hydrogens is 294 g/mol. The van der Waals surface area contributed by atoms with Gasteiger partial charge in [0.25, 0.3) is 0 Å². The molecule has 2 aliphatic heterocycles. The summed E-state index contributed by atoms with van der Waals surface area (Å²) < 4.78 is 5.88. The number of hydrogen-bond acceptors (Lipinski definition) is 5. The van der Waals surface area contributed by atoms with Crippen LogP contribution >= 0.6 is 22.7 Å². The minimum Gasteiger partial charge on any atom is -0.478 e. The van der Waals surface area contributed by atoms with Crippen molar-refractivity contribution >= 4 is 28.6 Å². The third-order valence-electron chi connectivity index (χ3n) is 4.04. The molecule has 2 bridgehead atoms. The maximum absolute atomic E-state index is 10.9. The molecule has 0 radical (unpaired) electrons. The third-order valence-corrected chi connectivity index (χ3v) is 5.97. The Morgan fingerprint density at radius 3 is 2.90 bits per heavy atom. The second-order valence-electron chi connectivity index (χ2n) is 5.29. The lowest BCUT2D eigenvalue weighted by atomic mass is 9.90. The van der Waals surface area contributed by atoms with E-state index >= 15 is 0 Å². The summed E-state index contributed by atoms with van der Waals surface area (Å²) in [5, 5.41) is 13.8. The molecule has 6 heteroatoms. The van der Waals surface area contributed by atoms with Gasteiger partial charge in [0.05, 0.1) is 33.4 Å². The number of thiazole rings is 1. The first-order valence-electron chi connectivity index (χ1n) is 6.64. The van der Waals surface area contributed by atoms with Crippen molar-refractivity contribution in [2.45, 2.75) is 37.4 Å². The highest BCUT2D eigenvalue weighted by atomic mass is 32.1. The monoisotopic (exact) mass is 307 g/mol. The lowest BCUT2D eigenvalue weighted by molar-refractivity contribution is 0.0697. The summed E-state index contributed by atoms with van der Waals surface area (Å²) in [4.78, 5) is 16.6. The summed E-state index contributed by atoms with van der Waals surface area (Å²) in [6.45, 7) is 0. The molecule has 0 amide bonds. The fraction of sp³-hybridized carbons (Fsp3) is 0.429. The zero-order valence-electron chi connectivity index (χ0n) is 10.6. The van der Waals surface area contributed by atoms with E-state index in [0.29, 0.717) is 23.7 Å². The van der Waals surface area contributed by atoms with Crippen LogP contribution in [0, 0.1) is 0 Å². The SMILES string of the molecule is O=C(O)c1csc(-c2csc(C3CC4CCC3O4)n2)c1. The van der Waals surface area contributed by atoms with Crippen molar-refractivity contribution in [1.29, 1.82) is 0 Å². The summed E-state index contributed by atoms with van der Waals surface area (Å²) in [7, 11) is 0. The Morgan fingerprint density at radius 1 is 1.35 bits per heavy atom. The molecule has 0 aliphatic carbocycles. The quantitative estimate of drug-likeness (QED) is 0.941. The molecule has 3 unspecified atom stereocenters. The largest absolute Gasteiger partial charge is 0.478 e. The highest BCUT2D eigenvalue weighted by Gasteiger charge is 2.42. The first-order chi connectivity index (χ1) is 9.70. The summed E-state index contributed by atoms with van der Waals surface area (Å²) in [6, 6.07) is 1.70. The maximum atomic E-state index is 10.9. The molecule has 20 heavy (non-hydrogen) atoms. The first kappa shape index (κ1) is 12.5. The highest BCUT2D eigenvalue weighted by Crippen LogP contribution is 2.45. The van der Waals surface area contributed by atoms with Crippen LogP contribution in [0.4, 0.5) is 0 Å². The molecule has 104 valence electrons. The molecule has 0 aromatic carbocycles. The molecule has 4 nitrogen and oxygen atoms in total. The number of fused-ring (bicyclic) bond motifs is 2. The molecular formula is C14H13NO3S2. The van der Waals surface area contributed by atoms with Crippen molar-refractivity contribution in [3.63, 3.8) is 0 Å². The maximum Gasteiger partial charge on any atom is 0.336 e. The Hall–Kier alpha value is -1.24. The summed E-state index contributed by atoms with van der Waals surface area (Å²) in [6.07, 6.45) is 4.19. The van der Waals surface area contributed by atoms with Gasteiger partial charge in [-0.25, -0.2) is 9.78 Å². The molecule has 4 rings (SSSR count). The predicted octanol–water partition coefficient (Wildman–Crippen LogP) is 3.60. The van der Waals surface area contributed by atoms with E-state index < -0.39 is 5.97 Å². The van der Waals surface area contributed by atoms with Crippen molar-refractivity contribution in [2.75, 3.05) is 0 Å². The standard InChI is InChI=1S/C14H13NO3S2/c16-14(17)7-3-12(19-5-7)10-6-20-13(15-10)9-4-8-1-2-11(9)18-8/h3,5-6,8-9,11H,1-2,4H2,(H,16,17). The fourth-order valence-corrected chi connectivity index (χ4v) is 4.96. The third kappa shape index (κ3) is 1.99. The minimum atomic E-state index is -0.885. The van der Waals surface area contributed by atoms with Gasteiger partial charge < -0.3 is 9.84 Å². The second kappa shape index (κ2) is 4.65. The van der Waals surface area contributed by atoms with Crippen LogP contribution < -0.4 is 0 Å². The van der Waals surface area contributed by atoms with Crippen LogP contribution in [-0.2, 0) is 4.74 Å². The zero-order valence-corrected chi connectivity index (χ0v) is 12.2. The molecule has 2 aliphatic rings. The van der Waals surface area contributed by atoms with Crippen molar-refractivity contribution in [1.82, 2.24) is 4.98 Å². The number of carboxylic acid groups (broad SMARTS) is 1. The summed E-state index contributed by atoms with van der Waals surface area (Å²) in [5.74, 6) is -0.448. The topological polar surface area (TPSA) is 59.4 Å². The van der Waals surface area contributed by atoms with Crippen LogP contribution in [0.3, 0.4) is 0 Å². The molecule has 2 aromatic heterocycles. The van der Waals surface area contributed by atoms with Gasteiger partial charge in [-0.15, -0.1) is 22.7 Å². The first-order valence-corrected chi connectivity index (χ1v) is 8.40. The van der Waals surface area contributed by atoms with Crippen molar-refractivity contribution in [3.05, 3.63) is 27.4 Å². The van der Waals surface area contributed by atoms with E-state index in [4.69, 9.17) is 14.8 Å². The molecule has 2 fully saturated rings. The number of carboxylic acids is 1. The Kier molecular flexibility index (Phi) is 2.90. The number of carbonyl (C=O) groups is 1. The van der Waals surface area contributed by atoms with E-state index in [9.17, 15) is 4.79 Å². The molecule has 0 spiro atoms. The van der Waals surface area contributed by atoms with Gasteiger partial charge in [0.15, 0.2) is 0 Å². The number of nitrogens with zero attached hydrogens (tertiary/aromatic N) is 1. The van der Waals surface area contributed by atoms with Gasteiger partial charge in [-0.1, -0.05) is 0 Å². The van der Waals surface area contributed by atoms with E-state index in [1.165, 1.54) is 17.8 Å². The zero-order chi connectivity index (χ0) is 13.7. The average Bonchev–Trinajstić information content (AvgIpc) is 3.20. The number of aromatic carboxylic acids is 1. The van der Waals surface area contributed by atoms with Gasteiger partial charge >= 0.3 is 5.97 Å². The van der Waals surface area contributed by atoms with E-state index in [1.54, 1.807) is 22.8 Å². The van der Waals surface area contributed by atoms with Crippen molar-refractivity contribution in [3.8, 4) is 10.6 Å². The molecule has 0 saturated carbocycles. The van der Waals surface area contributed by atoms with E-state index in [-0.39, 0.29) is 0 Å². The Balaban J connectivity index is 1.60.